The number of hydrazine groups is 2. The first-order chi connectivity index (χ1) is 19.8. The molecule has 4 aromatic rings. The summed E-state index contributed by atoms with van der Waals surface area (Å²) in [5, 5.41) is 20.3. The molecule has 1 fully saturated rings. The van der Waals surface area contributed by atoms with Crippen LogP contribution in [0.4, 0.5) is 21.5 Å². The highest BCUT2D eigenvalue weighted by atomic mass is 35.5. The van der Waals surface area contributed by atoms with Gasteiger partial charge in [-0.05, 0) is 54.8 Å². The first-order valence-electron chi connectivity index (χ1n) is 12.8. The SMILES string of the molecule is BC(Nc1cc(Cl)c2ncc(C#N)c(Nc3ccc(OC)c(Cl)c3)c2c1)(C1=CN(C2CC2)NN1)c1ccc(F)nc1. The molecule has 4 N–H and O–H groups in total. The predicted molar refractivity (Wildman–Crippen MR) is 160 cm³/mol. The number of halogens is 3. The Labute approximate surface area is 246 Å². The lowest BCUT2D eigenvalue weighted by Gasteiger charge is -2.33. The van der Waals surface area contributed by atoms with Gasteiger partial charge in [0.15, 0.2) is 0 Å². The molecule has 206 valence electrons. The predicted octanol–water partition coefficient (Wildman–Crippen LogP) is 4.93. The van der Waals surface area contributed by atoms with E-state index < -0.39 is 11.4 Å². The highest BCUT2D eigenvalue weighted by molar-refractivity contribution is 6.36. The minimum Gasteiger partial charge on any atom is -0.495 e. The number of nitriles is 1. The van der Waals surface area contributed by atoms with E-state index in [4.69, 9.17) is 27.9 Å². The van der Waals surface area contributed by atoms with E-state index in [1.54, 1.807) is 37.4 Å². The number of pyridine rings is 2. The van der Waals surface area contributed by atoms with Crippen molar-refractivity contribution < 1.29 is 9.13 Å². The van der Waals surface area contributed by atoms with Crippen molar-refractivity contribution in [2.24, 2.45) is 0 Å². The van der Waals surface area contributed by atoms with Crippen molar-refractivity contribution in [1.82, 2.24) is 25.9 Å². The summed E-state index contributed by atoms with van der Waals surface area (Å²) in [5.74, 6) is -0.0358. The first kappa shape index (κ1) is 27.0. The molecule has 1 aliphatic heterocycles. The molecule has 1 atom stereocenters. The van der Waals surface area contributed by atoms with Crippen molar-refractivity contribution in [3.63, 3.8) is 0 Å². The van der Waals surface area contributed by atoms with Crippen molar-refractivity contribution in [2.75, 3.05) is 17.7 Å². The fraction of sp³-hybridized carbons (Fsp3) is 0.179. The van der Waals surface area contributed by atoms with Crippen molar-refractivity contribution >= 4 is 59.0 Å². The van der Waals surface area contributed by atoms with Gasteiger partial charge < -0.3 is 20.8 Å². The van der Waals surface area contributed by atoms with E-state index in [2.05, 4.69) is 37.6 Å². The molecule has 2 aromatic carbocycles. The maximum atomic E-state index is 13.8. The Balaban J connectivity index is 1.44. The average molecular weight is 589 g/mol. The number of aromatic nitrogens is 2. The maximum Gasteiger partial charge on any atom is 0.212 e. The number of rotatable bonds is 8. The Bertz CT molecular complexity index is 1730. The van der Waals surface area contributed by atoms with E-state index in [1.165, 1.54) is 18.5 Å². The van der Waals surface area contributed by atoms with Gasteiger partial charge in [0.05, 0.1) is 45.1 Å². The largest absolute Gasteiger partial charge is 0.495 e. The minimum absolute atomic E-state index is 0.326. The van der Waals surface area contributed by atoms with Gasteiger partial charge in [-0.25, -0.2) is 4.98 Å². The summed E-state index contributed by atoms with van der Waals surface area (Å²) in [5.41, 5.74) is 9.80. The zero-order chi connectivity index (χ0) is 28.7. The molecular formula is C28H24BCl2FN8O. The monoisotopic (exact) mass is 588 g/mol. The Morgan fingerprint density at radius 1 is 1.12 bits per heavy atom. The zero-order valence-electron chi connectivity index (χ0n) is 22.1. The molecular weight excluding hydrogens is 565 g/mol. The van der Waals surface area contributed by atoms with Crippen LogP contribution in [-0.2, 0) is 5.44 Å². The van der Waals surface area contributed by atoms with Crippen LogP contribution in [-0.4, -0.2) is 36.0 Å². The minimum atomic E-state index is -0.869. The van der Waals surface area contributed by atoms with Crippen LogP contribution in [0.3, 0.4) is 0 Å². The van der Waals surface area contributed by atoms with Crippen LogP contribution in [0.5, 0.6) is 5.75 Å². The van der Waals surface area contributed by atoms with Crippen LogP contribution in [0.2, 0.25) is 10.0 Å². The van der Waals surface area contributed by atoms with Crippen molar-refractivity contribution in [3.05, 3.63) is 93.9 Å². The van der Waals surface area contributed by atoms with Crippen LogP contribution in [0.1, 0.15) is 24.0 Å². The molecule has 41 heavy (non-hydrogen) atoms. The third-order valence-corrected chi connectivity index (χ3v) is 7.82. The van der Waals surface area contributed by atoms with Gasteiger partial charge in [0.2, 0.25) is 5.95 Å². The van der Waals surface area contributed by atoms with Gasteiger partial charge in [0, 0.05) is 41.4 Å². The number of ether oxygens (including phenoxy) is 1. The topological polar surface area (TPSA) is 110 Å². The second-order valence-corrected chi connectivity index (χ2v) is 10.8. The van der Waals surface area contributed by atoms with E-state index in [0.717, 1.165) is 24.1 Å². The van der Waals surface area contributed by atoms with E-state index in [-0.39, 0.29) is 0 Å². The molecule has 2 aromatic heterocycles. The zero-order valence-corrected chi connectivity index (χ0v) is 23.6. The Morgan fingerprint density at radius 3 is 2.61 bits per heavy atom. The fourth-order valence-corrected chi connectivity index (χ4v) is 5.35. The van der Waals surface area contributed by atoms with E-state index >= 15 is 0 Å². The fourth-order valence-electron chi connectivity index (χ4n) is 4.83. The van der Waals surface area contributed by atoms with Crippen molar-refractivity contribution in [2.45, 2.75) is 24.3 Å². The first-order valence-corrected chi connectivity index (χ1v) is 13.6. The van der Waals surface area contributed by atoms with Crippen LogP contribution < -0.4 is 26.3 Å². The standard InChI is InChI=1S/C28H24BCl2FN8O/c1-41-23-6-3-17(9-21(23)30)36-26-15(11-33)12-35-27-20(26)8-18(10-22(27)31)37-28(29,16-2-7-25(32)34-13-16)24-14-40(39-38-24)19-4-5-19/h2-3,6-10,12-14,19,37-39H,4-5,29H2,1H3,(H,35,36). The summed E-state index contributed by atoms with van der Waals surface area (Å²) >= 11 is 13.1. The third-order valence-electron chi connectivity index (χ3n) is 7.23. The quantitative estimate of drug-likeness (QED) is 0.168. The molecule has 1 saturated carbocycles. The Hall–Kier alpha value is -4.24. The maximum absolute atomic E-state index is 13.8. The lowest BCUT2D eigenvalue weighted by molar-refractivity contribution is 0.260. The second kappa shape index (κ2) is 10.6. The second-order valence-electron chi connectivity index (χ2n) is 10.0. The average Bonchev–Trinajstić information content (AvgIpc) is 3.69. The molecule has 13 heteroatoms. The molecule has 1 unspecified atom stereocenters. The number of fused-ring (bicyclic) bond motifs is 1. The van der Waals surface area contributed by atoms with Gasteiger partial charge in [-0.2, -0.15) is 9.65 Å². The highest BCUT2D eigenvalue weighted by Crippen LogP contribution is 2.39. The van der Waals surface area contributed by atoms with Gasteiger partial charge in [-0.15, -0.1) is 5.53 Å². The normalized spacial score (nSPS) is 16.0. The van der Waals surface area contributed by atoms with Gasteiger partial charge in [-0.3, -0.25) is 9.99 Å². The summed E-state index contributed by atoms with van der Waals surface area (Å²) in [6.07, 6.45) is 7.19. The van der Waals surface area contributed by atoms with E-state index in [0.29, 0.717) is 55.4 Å². The molecule has 2 aliphatic rings. The lowest BCUT2D eigenvalue weighted by atomic mass is 9.70. The lowest BCUT2D eigenvalue weighted by Crippen LogP contribution is -2.45. The molecule has 3 heterocycles. The molecule has 1 aliphatic carbocycles. The molecule has 6 rings (SSSR count). The van der Waals surface area contributed by atoms with E-state index in [9.17, 15) is 9.65 Å². The molecule has 0 bridgehead atoms. The Morgan fingerprint density at radius 2 is 1.93 bits per heavy atom. The van der Waals surface area contributed by atoms with Gasteiger partial charge in [0.25, 0.3) is 0 Å². The summed E-state index contributed by atoms with van der Waals surface area (Å²) in [7, 11) is 3.51. The van der Waals surface area contributed by atoms with Gasteiger partial charge in [0.1, 0.15) is 19.7 Å². The number of hydrogen-bond acceptors (Lipinski definition) is 9. The summed E-state index contributed by atoms with van der Waals surface area (Å²) < 4.78 is 19.1. The van der Waals surface area contributed by atoms with Crippen molar-refractivity contribution in [3.8, 4) is 11.8 Å². The van der Waals surface area contributed by atoms with Crippen molar-refractivity contribution in [1.29, 1.82) is 5.26 Å². The summed E-state index contributed by atoms with van der Waals surface area (Å²) in [4.78, 5) is 8.36. The molecule has 0 amide bonds. The molecule has 0 saturated heterocycles. The van der Waals surface area contributed by atoms with Gasteiger partial charge in [-0.1, -0.05) is 29.3 Å². The smallest absolute Gasteiger partial charge is 0.212 e. The number of benzene rings is 2. The molecule has 9 nitrogen and oxygen atoms in total. The number of hydrogen-bond donors (Lipinski definition) is 4. The van der Waals surface area contributed by atoms with E-state index in [1.807, 2.05) is 25.1 Å². The molecule has 0 spiro atoms. The van der Waals surface area contributed by atoms with Gasteiger partial charge >= 0.3 is 0 Å². The highest BCUT2D eigenvalue weighted by Gasteiger charge is 2.38. The van der Waals surface area contributed by atoms with Crippen LogP contribution in [0.15, 0.2) is 66.8 Å². The van der Waals surface area contributed by atoms with Crippen LogP contribution in [0.25, 0.3) is 10.9 Å². The number of anilines is 3. The summed E-state index contributed by atoms with van der Waals surface area (Å²) in [6.45, 7) is 0. The third kappa shape index (κ3) is 5.17. The number of nitrogens with one attached hydrogen (secondary N) is 4. The van der Waals surface area contributed by atoms with Crippen LogP contribution in [0, 0.1) is 17.3 Å². The molecule has 0 radical (unpaired) electrons. The van der Waals surface area contributed by atoms with Crippen LogP contribution >= 0.6 is 23.2 Å². The number of nitrogens with zero attached hydrogens (tertiary/aromatic N) is 4. The number of methoxy groups -OCH3 is 1. The summed E-state index contributed by atoms with van der Waals surface area (Å²) in [6, 6.07) is 14.5. The Kier molecular flexibility index (Phi) is 6.99.